The van der Waals surface area contributed by atoms with Gasteiger partial charge in [0.05, 0.1) is 6.61 Å². The average Bonchev–Trinajstić information content (AvgIpc) is 3.17. The lowest BCUT2D eigenvalue weighted by atomic mass is 10.1. The number of nitrogens with one attached hydrogen (secondary N) is 2. The molecule has 0 radical (unpaired) electrons. The number of ether oxygens (including phenoxy) is 2. The van der Waals surface area contributed by atoms with Crippen LogP contribution in [0.2, 0.25) is 0 Å². The van der Waals surface area contributed by atoms with Gasteiger partial charge in [-0.3, -0.25) is 4.99 Å². The van der Waals surface area contributed by atoms with E-state index in [1.54, 1.807) is 19.2 Å². The predicted octanol–water partition coefficient (Wildman–Crippen LogP) is 4.09. The Bertz CT molecular complexity index is 842. The third kappa shape index (κ3) is 7.58. The van der Waals surface area contributed by atoms with Gasteiger partial charge in [-0.1, -0.05) is 24.3 Å². The number of hydrogen-bond donors (Lipinski definition) is 2. The summed E-state index contributed by atoms with van der Waals surface area (Å²) in [4.78, 5) is 4.19. The van der Waals surface area contributed by atoms with E-state index in [9.17, 15) is 13.2 Å². The molecule has 0 amide bonds. The summed E-state index contributed by atoms with van der Waals surface area (Å²) >= 11 is 0. The predicted molar refractivity (Wildman–Crippen MR) is 121 cm³/mol. The van der Waals surface area contributed by atoms with Gasteiger partial charge in [-0.05, 0) is 41.3 Å². The van der Waals surface area contributed by atoms with E-state index in [0.717, 1.165) is 37.3 Å². The van der Waals surface area contributed by atoms with E-state index in [1.165, 1.54) is 23.3 Å². The first-order valence-electron chi connectivity index (χ1n) is 9.40. The molecular formula is C21H25F3IN3O2. The maximum atomic E-state index is 12.2. The van der Waals surface area contributed by atoms with Crippen LogP contribution in [0.1, 0.15) is 16.7 Å². The van der Waals surface area contributed by atoms with Crippen molar-refractivity contribution in [3.8, 4) is 11.5 Å². The molecule has 0 saturated heterocycles. The number of rotatable bonds is 7. The van der Waals surface area contributed by atoms with E-state index in [1.807, 2.05) is 6.07 Å². The summed E-state index contributed by atoms with van der Waals surface area (Å²) < 4.78 is 46.8. The van der Waals surface area contributed by atoms with Crippen LogP contribution in [0.15, 0.2) is 47.5 Å². The van der Waals surface area contributed by atoms with Gasteiger partial charge in [-0.15, -0.1) is 24.0 Å². The van der Waals surface area contributed by atoms with Crippen LogP contribution in [0.5, 0.6) is 11.5 Å². The Morgan fingerprint density at radius 3 is 2.53 bits per heavy atom. The zero-order valence-corrected chi connectivity index (χ0v) is 18.9. The van der Waals surface area contributed by atoms with Crippen molar-refractivity contribution in [3.63, 3.8) is 0 Å². The van der Waals surface area contributed by atoms with Crippen molar-refractivity contribution in [1.29, 1.82) is 0 Å². The van der Waals surface area contributed by atoms with Gasteiger partial charge in [0.15, 0.2) is 12.6 Å². The van der Waals surface area contributed by atoms with Crippen LogP contribution in [0.4, 0.5) is 13.2 Å². The number of guanidine groups is 1. The fourth-order valence-electron chi connectivity index (χ4n) is 3.00. The number of aliphatic imine (C=N–C) groups is 1. The molecule has 2 N–H and O–H groups in total. The maximum Gasteiger partial charge on any atom is 0.422 e. The molecule has 164 valence electrons. The Morgan fingerprint density at radius 1 is 1.10 bits per heavy atom. The summed E-state index contributed by atoms with van der Waals surface area (Å²) in [6.45, 7) is 0.681. The largest absolute Gasteiger partial charge is 0.493 e. The molecule has 0 spiro atoms. The van der Waals surface area contributed by atoms with E-state index >= 15 is 0 Å². The fraction of sp³-hybridized carbons (Fsp3) is 0.381. The second-order valence-electron chi connectivity index (χ2n) is 6.69. The van der Waals surface area contributed by atoms with Crippen LogP contribution in [0.25, 0.3) is 0 Å². The van der Waals surface area contributed by atoms with Gasteiger partial charge < -0.3 is 20.1 Å². The summed E-state index contributed by atoms with van der Waals surface area (Å²) in [6, 6.07) is 12.8. The quantitative estimate of drug-likeness (QED) is 0.319. The highest BCUT2D eigenvalue weighted by Crippen LogP contribution is 2.25. The van der Waals surface area contributed by atoms with Crippen LogP contribution in [0.3, 0.4) is 0 Å². The summed E-state index contributed by atoms with van der Waals surface area (Å²) in [5, 5.41) is 6.45. The zero-order chi connectivity index (χ0) is 20.7. The molecule has 3 rings (SSSR count). The van der Waals surface area contributed by atoms with Gasteiger partial charge in [-0.2, -0.15) is 13.2 Å². The van der Waals surface area contributed by atoms with Crippen molar-refractivity contribution in [2.24, 2.45) is 4.99 Å². The molecule has 2 aromatic carbocycles. The third-order valence-electron chi connectivity index (χ3n) is 4.47. The fourth-order valence-corrected chi connectivity index (χ4v) is 3.00. The average molecular weight is 535 g/mol. The molecule has 30 heavy (non-hydrogen) atoms. The number of alkyl halides is 3. The Labute approximate surface area is 191 Å². The summed E-state index contributed by atoms with van der Waals surface area (Å²) in [6.07, 6.45) is -2.52. The second kappa shape index (κ2) is 11.3. The van der Waals surface area contributed by atoms with E-state index in [2.05, 4.69) is 27.8 Å². The van der Waals surface area contributed by atoms with Gasteiger partial charge in [0, 0.05) is 26.6 Å². The second-order valence-corrected chi connectivity index (χ2v) is 6.69. The first kappa shape index (κ1) is 24.1. The Hall–Kier alpha value is -2.17. The van der Waals surface area contributed by atoms with Crippen LogP contribution >= 0.6 is 24.0 Å². The van der Waals surface area contributed by atoms with Crippen molar-refractivity contribution in [2.75, 3.05) is 26.8 Å². The Balaban J connectivity index is 0.00000320. The number of hydrogen-bond acceptors (Lipinski definition) is 3. The van der Waals surface area contributed by atoms with Crippen molar-refractivity contribution < 1.29 is 22.6 Å². The Morgan fingerprint density at radius 2 is 1.83 bits per heavy atom. The lowest BCUT2D eigenvalue weighted by Crippen LogP contribution is -2.37. The molecule has 9 heteroatoms. The topological polar surface area (TPSA) is 54.9 Å². The molecule has 5 nitrogen and oxygen atoms in total. The molecule has 0 bridgehead atoms. The van der Waals surface area contributed by atoms with Gasteiger partial charge in [0.25, 0.3) is 0 Å². The normalized spacial score (nSPS) is 13.1. The molecule has 1 heterocycles. The first-order valence-corrected chi connectivity index (χ1v) is 9.40. The molecular weight excluding hydrogens is 510 g/mol. The minimum absolute atomic E-state index is 0. The monoisotopic (exact) mass is 535 g/mol. The molecule has 0 aromatic heterocycles. The maximum absolute atomic E-state index is 12.2. The van der Waals surface area contributed by atoms with Crippen LogP contribution in [-0.2, 0) is 19.4 Å². The zero-order valence-electron chi connectivity index (χ0n) is 16.6. The summed E-state index contributed by atoms with van der Waals surface area (Å²) in [5.74, 6) is 1.83. The Kier molecular flexibility index (Phi) is 9.07. The number of benzene rings is 2. The van der Waals surface area contributed by atoms with E-state index < -0.39 is 12.8 Å². The molecule has 0 aliphatic carbocycles. The molecule has 0 unspecified atom stereocenters. The van der Waals surface area contributed by atoms with Crippen molar-refractivity contribution in [1.82, 2.24) is 10.6 Å². The van der Waals surface area contributed by atoms with Gasteiger partial charge in [0.2, 0.25) is 0 Å². The first-order chi connectivity index (χ1) is 13.9. The number of halogens is 4. The van der Waals surface area contributed by atoms with Crippen LogP contribution < -0.4 is 20.1 Å². The SMILES string of the molecule is CN=C(NCCc1ccc2c(c1)CCO2)NCc1ccc(OCC(F)(F)F)cc1.I. The van der Waals surface area contributed by atoms with Gasteiger partial charge in [-0.25, -0.2) is 0 Å². The molecule has 0 saturated carbocycles. The van der Waals surface area contributed by atoms with Gasteiger partial charge in [0.1, 0.15) is 11.5 Å². The third-order valence-corrected chi connectivity index (χ3v) is 4.47. The smallest absolute Gasteiger partial charge is 0.422 e. The minimum Gasteiger partial charge on any atom is -0.493 e. The lowest BCUT2D eigenvalue weighted by Gasteiger charge is -2.13. The van der Waals surface area contributed by atoms with Crippen molar-refractivity contribution in [2.45, 2.75) is 25.6 Å². The van der Waals surface area contributed by atoms with Gasteiger partial charge >= 0.3 is 6.18 Å². The molecule has 1 aliphatic heterocycles. The molecule has 0 atom stereocenters. The summed E-state index contributed by atoms with van der Waals surface area (Å²) in [7, 11) is 1.69. The van der Waals surface area contributed by atoms with Crippen LogP contribution in [-0.4, -0.2) is 38.9 Å². The van der Waals surface area contributed by atoms with Crippen molar-refractivity contribution >= 4 is 29.9 Å². The summed E-state index contributed by atoms with van der Waals surface area (Å²) in [5.41, 5.74) is 3.41. The highest BCUT2D eigenvalue weighted by molar-refractivity contribution is 14.0. The van der Waals surface area contributed by atoms with E-state index in [-0.39, 0.29) is 29.7 Å². The lowest BCUT2D eigenvalue weighted by molar-refractivity contribution is -0.153. The minimum atomic E-state index is -4.34. The highest BCUT2D eigenvalue weighted by Gasteiger charge is 2.28. The molecule has 1 aliphatic rings. The van der Waals surface area contributed by atoms with E-state index in [4.69, 9.17) is 9.47 Å². The standard InChI is InChI=1S/C21H24F3N3O2.HI/c1-25-20(26-10-8-15-4-7-19-17(12-15)9-11-28-19)27-13-16-2-5-18(6-3-16)29-14-21(22,23)24;/h2-7,12H,8-11,13-14H2,1H3,(H2,25,26,27);1H. The molecule has 2 aromatic rings. The van der Waals surface area contributed by atoms with Crippen LogP contribution in [0, 0.1) is 0 Å². The van der Waals surface area contributed by atoms with E-state index in [0.29, 0.717) is 12.5 Å². The van der Waals surface area contributed by atoms with Crippen molar-refractivity contribution in [3.05, 3.63) is 59.2 Å². The highest BCUT2D eigenvalue weighted by atomic mass is 127. The number of fused-ring (bicyclic) bond motifs is 1. The molecule has 0 fully saturated rings. The number of nitrogens with zero attached hydrogens (tertiary/aromatic N) is 1.